The molecule has 2 heterocycles. The van der Waals surface area contributed by atoms with E-state index in [2.05, 4.69) is 15.6 Å². The number of para-hydroxylation sites is 2. The Kier molecular flexibility index (Phi) is 4.70. The lowest BCUT2D eigenvalue weighted by Crippen LogP contribution is -2.36. The third kappa shape index (κ3) is 2.94. The minimum absolute atomic E-state index is 0.114. The molecule has 2 aromatic rings. The summed E-state index contributed by atoms with van der Waals surface area (Å²) in [6.45, 7) is 1.55. The minimum atomic E-state index is -0.588. The van der Waals surface area contributed by atoms with Gasteiger partial charge in [-0.05, 0) is 12.5 Å². The van der Waals surface area contributed by atoms with Crippen molar-refractivity contribution >= 4 is 33.9 Å². The van der Waals surface area contributed by atoms with Gasteiger partial charge in [0.05, 0.1) is 4.43 Å². The van der Waals surface area contributed by atoms with Crippen LogP contribution in [0.4, 0.5) is 0 Å². The molecule has 0 saturated heterocycles. The topological polar surface area (TPSA) is 104 Å². The minimum Gasteiger partial charge on any atom is -0.805 e. The third-order valence-electron chi connectivity index (χ3n) is 3.70. The lowest BCUT2D eigenvalue weighted by molar-refractivity contribution is -0.468. The average Bonchev–Trinajstić information content (AvgIpc) is 2.63. The number of aliphatic imine (C=N–C) groups is 1. The van der Waals surface area contributed by atoms with E-state index in [1.807, 2.05) is 0 Å². The number of carbonyl (C=O) groups excluding carboxylic acids is 1. The zero-order valence-electron chi connectivity index (χ0n) is 13.1. The molecule has 0 saturated carbocycles. The molecule has 0 atom stereocenters. The molecule has 8 nitrogen and oxygen atoms in total. The van der Waals surface area contributed by atoms with Crippen LogP contribution in [-0.4, -0.2) is 35.9 Å². The van der Waals surface area contributed by atoms with E-state index in [0.717, 1.165) is 24.7 Å². The summed E-state index contributed by atoms with van der Waals surface area (Å²) < 4.78 is 1.18. The van der Waals surface area contributed by atoms with Crippen LogP contribution in [0.15, 0.2) is 29.3 Å². The highest BCUT2D eigenvalue weighted by Crippen LogP contribution is 2.20. The summed E-state index contributed by atoms with van der Waals surface area (Å²) in [6.07, 6.45) is 0.964. The van der Waals surface area contributed by atoms with Crippen molar-refractivity contribution in [2.24, 2.45) is 4.99 Å². The monoisotopic (exact) mass is 347 g/mol. The molecular formula is C15H17N5O3S. The lowest BCUT2D eigenvalue weighted by atomic mass is 10.2. The summed E-state index contributed by atoms with van der Waals surface area (Å²) in [5.74, 6) is -0.417. The van der Waals surface area contributed by atoms with Gasteiger partial charge in [-0.3, -0.25) is 9.79 Å². The molecule has 1 aliphatic heterocycles. The van der Waals surface area contributed by atoms with E-state index in [9.17, 15) is 14.9 Å². The quantitative estimate of drug-likeness (QED) is 0.801. The molecule has 1 aliphatic rings. The number of amidine groups is 1. The molecule has 0 aliphatic carbocycles. The molecule has 9 heteroatoms. The fraction of sp³-hybridized carbons (Fsp3) is 0.333. The van der Waals surface area contributed by atoms with Gasteiger partial charge >= 0.3 is 11.6 Å². The van der Waals surface area contributed by atoms with Crippen molar-refractivity contribution in [1.82, 2.24) is 15.4 Å². The van der Waals surface area contributed by atoms with Crippen molar-refractivity contribution in [2.45, 2.75) is 12.2 Å². The predicted octanol–water partition coefficient (Wildman–Crippen LogP) is 0.844. The van der Waals surface area contributed by atoms with Crippen LogP contribution in [-0.2, 0) is 5.75 Å². The predicted molar refractivity (Wildman–Crippen MR) is 93.7 cm³/mol. The van der Waals surface area contributed by atoms with Gasteiger partial charge in [-0.15, -0.1) is 0 Å². The van der Waals surface area contributed by atoms with Crippen molar-refractivity contribution in [1.29, 1.82) is 0 Å². The Labute approximate surface area is 142 Å². The van der Waals surface area contributed by atoms with E-state index in [1.165, 1.54) is 24.9 Å². The number of fused-ring (bicyclic) bond motifs is 1. The maximum Gasteiger partial charge on any atom is 0.347 e. The smallest absolute Gasteiger partial charge is 0.347 e. The first-order chi connectivity index (χ1) is 11.6. The van der Waals surface area contributed by atoms with Crippen LogP contribution in [0.5, 0.6) is 0 Å². The normalized spacial score (nSPS) is 14.1. The van der Waals surface area contributed by atoms with Gasteiger partial charge in [0.2, 0.25) is 0 Å². The van der Waals surface area contributed by atoms with Crippen molar-refractivity contribution in [3.05, 3.63) is 45.8 Å². The number of carbonyl (C=O) groups is 1. The van der Waals surface area contributed by atoms with Gasteiger partial charge in [0, 0.05) is 36.9 Å². The zero-order valence-corrected chi connectivity index (χ0v) is 13.9. The molecule has 1 aromatic carbocycles. The zero-order chi connectivity index (χ0) is 17.1. The van der Waals surface area contributed by atoms with Crippen molar-refractivity contribution in [2.75, 3.05) is 20.1 Å². The van der Waals surface area contributed by atoms with Crippen LogP contribution < -0.4 is 15.1 Å². The second kappa shape index (κ2) is 6.91. The number of hydrogen-bond donors (Lipinski definition) is 2. The molecule has 0 spiro atoms. The molecule has 126 valence electrons. The lowest BCUT2D eigenvalue weighted by Gasteiger charge is -2.19. The van der Waals surface area contributed by atoms with E-state index in [1.54, 1.807) is 18.2 Å². The highest BCUT2D eigenvalue weighted by atomic mass is 32.2. The molecule has 24 heavy (non-hydrogen) atoms. The first kappa shape index (κ1) is 16.3. The fourth-order valence-electron chi connectivity index (χ4n) is 2.50. The van der Waals surface area contributed by atoms with Crippen molar-refractivity contribution in [3.8, 4) is 0 Å². The molecule has 1 amide bonds. The van der Waals surface area contributed by atoms with Crippen LogP contribution in [0.3, 0.4) is 0 Å². The van der Waals surface area contributed by atoms with Gasteiger partial charge in [0.25, 0.3) is 5.52 Å². The van der Waals surface area contributed by atoms with Gasteiger partial charge in [0.1, 0.15) is 11.2 Å². The number of benzene rings is 1. The fourth-order valence-corrected chi connectivity index (χ4v) is 3.41. The number of hydrogen-bond acceptors (Lipinski definition) is 6. The van der Waals surface area contributed by atoms with Gasteiger partial charge in [0.15, 0.2) is 5.17 Å². The van der Waals surface area contributed by atoms with Crippen LogP contribution in [0.2, 0.25) is 0 Å². The maximum absolute atomic E-state index is 12.7. The summed E-state index contributed by atoms with van der Waals surface area (Å²) >= 11 is 1.31. The van der Waals surface area contributed by atoms with Gasteiger partial charge < -0.3 is 20.6 Å². The van der Waals surface area contributed by atoms with Gasteiger partial charge in [-0.2, -0.15) is 0 Å². The Morgan fingerprint density at radius 3 is 3.00 bits per heavy atom. The highest BCUT2D eigenvalue weighted by Gasteiger charge is 2.28. The van der Waals surface area contributed by atoms with Gasteiger partial charge in [-0.1, -0.05) is 23.9 Å². The van der Waals surface area contributed by atoms with Crippen molar-refractivity contribution < 1.29 is 9.22 Å². The maximum atomic E-state index is 12.7. The Balaban J connectivity index is 2.10. The SMILES string of the molecule is CNC(=O)c1c(CSC2=NCCCN2)n([O-])c2ccccc2[n+]1=O. The first-order valence-electron chi connectivity index (χ1n) is 7.53. The molecule has 0 fully saturated rings. The first-order valence-corrected chi connectivity index (χ1v) is 8.52. The summed E-state index contributed by atoms with van der Waals surface area (Å²) in [4.78, 5) is 29.1. The molecule has 0 bridgehead atoms. The second-order valence-corrected chi connectivity index (χ2v) is 6.17. The summed E-state index contributed by atoms with van der Waals surface area (Å²) in [5, 5.41) is 19.0. The van der Waals surface area contributed by atoms with Crippen LogP contribution in [0.1, 0.15) is 22.6 Å². The number of rotatable bonds is 3. The number of thioether (sulfide) groups is 1. The third-order valence-corrected chi connectivity index (χ3v) is 4.66. The highest BCUT2D eigenvalue weighted by molar-refractivity contribution is 8.13. The Morgan fingerprint density at radius 2 is 2.29 bits per heavy atom. The number of aromatic nitrogens is 2. The molecule has 3 rings (SSSR count). The van der Waals surface area contributed by atoms with E-state index >= 15 is 0 Å². The van der Waals surface area contributed by atoms with E-state index in [0.29, 0.717) is 9.16 Å². The second-order valence-electron chi connectivity index (χ2n) is 5.21. The Hall–Kier alpha value is -2.55. The largest absolute Gasteiger partial charge is 0.805 e. The van der Waals surface area contributed by atoms with Crippen LogP contribution >= 0.6 is 11.8 Å². The summed E-state index contributed by atoms with van der Waals surface area (Å²) in [5.41, 5.74) is 0.320. The van der Waals surface area contributed by atoms with E-state index in [4.69, 9.17) is 0 Å². The molecule has 0 unspecified atom stereocenters. The van der Waals surface area contributed by atoms with E-state index < -0.39 is 5.91 Å². The molecule has 0 radical (unpaired) electrons. The molecule has 1 aromatic heterocycles. The molecule has 2 N–H and O–H groups in total. The molecular weight excluding hydrogens is 330 g/mol. The summed E-state index contributed by atoms with van der Waals surface area (Å²) in [7, 11) is 1.43. The van der Waals surface area contributed by atoms with Crippen LogP contribution in [0, 0.1) is 10.1 Å². The summed E-state index contributed by atoms with van der Waals surface area (Å²) in [6, 6.07) is 6.42. The number of nitrogens with one attached hydrogen (secondary N) is 2. The van der Waals surface area contributed by atoms with Gasteiger partial charge in [-0.25, -0.2) is 0 Å². The number of nitrogens with zero attached hydrogens (tertiary/aromatic N) is 3. The Morgan fingerprint density at radius 1 is 1.50 bits per heavy atom. The number of amides is 1. The average molecular weight is 347 g/mol. The van der Waals surface area contributed by atoms with Crippen LogP contribution in [0.25, 0.3) is 11.0 Å². The van der Waals surface area contributed by atoms with Crippen molar-refractivity contribution in [3.63, 3.8) is 0 Å². The Bertz CT molecular complexity index is 877. The standard InChI is InChI=1S/C15H17N5O3S/c1-16-14(21)13-12(9-24-15-17-7-4-8-18-15)19(22)10-5-2-3-6-11(10)20(13)23/h2-3,5-6H,4,7-9H2,1H3,(H,16,21)(H,17,18). The van der Waals surface area contributed by atoms with E-state index in [-0.39, 0.29) is 28.2 Å².